The van der Waals surface area contributed by atoms with Crippen molar-refractivity contribution < 1.29 is 18.3 Å². The topological polar surface area (TPSA) is 35.5 Å². The van der Waals surface area contributed by atoms with Gasteiger partial charge in [-0.15, -0.1) is 24.8 Å². The number of alkyl halides is 3. The molecule has 8 heteroatoms. The summed E-state index contributed by atoms with van der Waals surface area (Å²) in [6, 6.07) is 2.65. The molecule has 0 spiro atoms. The van der Waals surface area contributed by atoms with Crippen LogP contribution < -0.4 is 5.32 Å². The van der Waals surface area contributed by atoms with E-state index in [2.05, 4.69) is 5.32 Å². The van der Waals surface area contributed by atoms with Gasteiger partial charge in [0, 0.05) is 32.2 Å². The van der Waals surface area contributed by atoms with E-state index in [9.17, 15) is 18.3 Å². The number of phenols is 1. The molecular formula is C15H23Cl2F3N2O. The van der Waals surface area contributed by atoms with E-state index in [4.69, 9.17) is 0 Å². The first-order valence-corrected chi connectivity index (χ1v) is 7.09. The molecule has 1 fully saturated rings. The number of nitrogens with one attached hydrogen (secondary N) is 1. The number of hydrogen-bond donors (Lipinski definition) is 2. The maximum absolute atomic E-state index is 12.9. The predicted octanol–water partition coefficient (Wildman–Crippen LogP) is 3.75. The summed E-state index contributed by atoms with van der Waals surface area (Å²) in [4.78, 5) is 1.87. The number of aryl methyl sites for hydroxylation is 2. The molecule has 1 aliphatic heterocycles. The molecule has 23 heavy (non-hydrogen) atoms. The second kappa shape index (κ2) is 8.97. The molecule has 1 saturated heterocycles. The molecule has 1 aliphatic rings. The molecular weight excluding hydrogens is 352 g/mol. The minimum atomic E-state index is -4.21. The third kappa shape index (κ3) is 6.03. The Morgan fingerprint density at radius 2 is 1.61 bits per heavy atom. The average molecular weight is 375 g/mol. The summed E-state index contributed by atoms with van der Waals surface area (Å²) < 4.78 is 38.8. The highest BCUT2D eigenvalue weighted by Crippen LogP contribution is 2.36. The molecule has 1 atom stereocenters. The van der Waals surface area contributed by atoms with Gasteiger partial charge in [-0.25, -0.2) is 0 Å². The molecule has 0 unspecified atom stereocenters. The van der Waals surface area contributed by atoms with Crippen LogP contribution in [-0.2, 0) is 0 Å². The predicted molar refractivity (Wildman–Crippen MR) is 89.9 cm³/mol. The fraction of sp³-hybridized carbons (Fsp3) is 0.600. The van der Waals surface area contributed by atoms with Crippen molar-refractivity contribution in [2.45, 2.75) is 32.5 Å². The number of nitrogens with zero attached hydrogens (tertiary/aromatic N) is 1. The lowest BCUT2D eigenvalue weighted by Gasteiger charge is -2.36. The molecule has 0 aliphatic carbocycles. The summed E-state index contributed by atoms with van der Waals surface area (Å²) in [5.41, 5.74) is 1.86. The quantitative estimate of drug-likeness (QED) is 0.845. The van der Waals surface area contributed by atoms with Crippen molar-refractivity contribution in [1.29, 1.82) is 0 Å². The third-order valence-corrected chi connectivity index (χ3v) is 3.92. The van der Waals surface area contributed by atoms with E-state index in [1.54, 1.807) is 26.0 Å². The number of hydrogen-bond acceptors (Lipinski definition) is 3. The number of piperazine rings is 1. The zero-order chi connectivity index (χ0) is 15.6. The molecule has 1 aromatic rings. The summed E-state index contributed by atoms with van der Waals surface area (Å²) in [7, 11) is 0. The van der Waals surface area contributed by atoms with Crippen LogP contribution in [0.3, 0.4) is 0 Å². The number of phenolic OH excluding ortho intramolecular Hbond substituents is 1. The Kier molecular flexibility index (Phi) is 8.70. The summed E-state index contributed by atoms with van der Waals surface area (Å²) >= 11 is 0. The first kappa shape index (κ1) is 22.3. The van der Waals surface area contributed by atoms with Gasteiger partial charge in [-0.2, -0.15) is 13.2 Å². The van der Waals surface area contributed by atoms with Gasteiger partial charge in [0.15, 0.2) is 0 Å². The van der Waals surface area contributed by atoms with E-state index in [1.165, 1.54) is 0 Å². The zero-order valence-corrected chi connectivity index (χ0v) is 14.7. The smallest absolute Gasteiger partial charge is 0.390 e. The average Bonchev–Trinajstić information content (AvgIpc) is 2.41. The molecule has 0 amide bonds. The first-order valence-electron chi connectivity index (χ1n) is 7.09. The Labute approximate surface area is 147 Å². The second-order valence-corrected chi connectivity index (χ2v) is 5.62. The van der Waals surface area contributed by atoms with Crippen molar-refractivity contribution in [3.05, 3.63) is 28.8 Å². The highest BCUT2D eigenvalue weighted by molar-refractivity contribution is 5.85. The minimum Gasteiger partial charge on any atom is -0.507 e. The third-order valence-electron chi connectivity index (χ3n) is 3.92. The molecule has 3 nitrogen and oxygen atoms in total. The Hall–Kier alpha value is -0.690. The van der Waals surface area contributed by atoms with Crippen molar-refractivity contribution >= 4 is 24.8 Å². The Balaban J connectivity index is 0.00000242. The van der Waals surface area contributed by atoms with E-state index >= 15 is 0 Å². The van der Waals surface area contributed by atoms with Crippen molar-refractivity contribution in [2.24, 2.45) is 0 Å². The summed E-state index contributed by atoms with van der Waals surface area (Å²) in [6.07, 6.45) is -5.08. The highest BCUT2D eigenvalue weighted by atomic mass is 35.5. The van der Waals surface area contributed by atoms with Crippen LogP contribution in [0.15, 0.2) is 12.1 Å². The van der Waals surface area contributed by atoms with Crippen LogP contribution in [0.5, 0.6) is 5.75 Å². The number of rotatable bonds is 3. The monoisotopic (exact) mass is 374 g/mol. The van der Waals surface area contributed by atoms with E-state index in [0.717, 1.165) is 0 Å². The molecule has 0 saturated carbocycles. The Morgan fingerprint density at radius 1 is 1.13 bits per heavy atom. The van der Waals surface area contributed by atoms with E-state index in [0.29, 0.717) is 42.9 Å². The highest BCUT2D eigenvalue weighted by Gasteiger charge is 2.36. The number of benzene rings is 1. The van der Waals surface area contributed by atoms with E-state index in [-0.39, 0.29) is 30.6 Å². The van der Waals surface area contributed by atoms with Crippen molar-refractivity contribution in [1.82, 2.24) is 10.2 Å². The molecule has 0 radical (unpaired) electrons. The maximum Gasteiger partial charge on any atom is 0.390 e. The van der Waals surface area contributed by atoms with Gasteiger partial charge in [-0.1, -0.05) is 12.1 Å². The molecule has 0 aromatic heterocycles. The molecule has 134 valence electrons. The maximum atomic E-state index is 12.9. The molecule has 2 rings (SSSR count). The summed E-state index contributed by atoms with van der Waals surface area (Å²) in [5.74, 6) is 0.157. The van der Waals surface area contributed by atoms with Gasteiger partial charge < -0.3 is 10.4 Å². The molecule has 0 bridgehead atoms. The Bertz CT molecular complexity index is 483. The van der Waals surface area contributed by atoms with Gasteiger partial charge in [0.1, 0.15) is 5.75 Å². The van der Waals surface area contributed by atoms with Crippen LogP contribution in [0, 0.1) is 13.8 Å². The van der Waals surface area contributed by atoms with Gasteiger partial charge in [-0.3, -0.25) is 4.90 Å². The normalized spacial score (nSPS) is 17.1. The summed E-state index contributed by atoms with van der Waals surface area (Å²) in [5, 5.41) is 13.0. The van der Waals surface area contributed by atoms with Gasteiger partial charge in [0.2, 0.25) is 0 Å². The van der Waals surface area contributed by atoms with Gasteiger partial charge in [-0.05, 0) is 30.5 Å². The summed E-state index contributed by atoms with van der Waals surface area (Å²) in [6.45, 7) is 6.02. The van der Waals surface area contributed by atoms with E-state index in [1.807, 2.05) is 4.90 Å². The second-order valence-electron chi connectivity index (χ2n) is 5.62. The lowest BCUT2D eigenvalue weighted by Crippen LogP contribution is -2.46. The number of halogens is 5. The molecule has 1 heterocycles. The fourth-order valence-corrected chi connectivity index (χ4v) is 2.85. The van der Waals surface area contributed by atoms with Gasteiger partial charge in [0.05, 0.1) is 6.42 Å². The largest absolute Gasteiger partial charge is 0.507 e. The van der Waals surface area contributed by atoms with Crippen LogP contribution in [0.2, 0.25) is 0 Å². The standard InChI is InChI=1S/C15H21F3N2O.2ClH/c1-10-7-12(8-11(2)14(10)21)13(9-15(16,17)18)20-5-3-19-4-6-20;;/h7-8,13,19,21H,3-6,9H2,1-2H3;2*1H/t13-;;/m0../s1. The van der Waals surface area contributed by atoms with Crippen molar-refractivity contribution in [3.8, 4) is 5.75 Å². The lowest BCUT2D eigenvalue weighted by molar-refractivity contribution is -0.148. The minimum absolute atomic E-state index is 0. The van der Waals surface area contributed by atoms with E-state index < -0.39 is 18.6 Å². The van der Waals surface area contributed by atoms with Gasteiger partial charge in [0.25, 0.3) is 0 Å². The van der Waals surface area contributed by atoms with Crippen LogP contribution in [-0.4, -0.2) is 42.4 Å². The van der Waals surface area contributed by atoms with Crippen LogP contribution in [0.4, 0.5) is 13.2 Å². The van der Waals surface area contributed by atoms with Crippen molar-refractivity contribution in [3.63, 3.8) is 0 Å². The number of aromatic hydroxyl groups is 1. The molecule has 1 aromatic carbocycles. The van der Waals surface area contributed by atoms with Crippen LogP contribution in [0.25, 0.3) is 0 Å². The van der Waals surface area contributed by atoms with Crippen LogP contribution in [0.1, 0.15) is 29.2 Å². The zero-order valence-electron chi connectivity index (χ0n) is 13.1. The Morgan fingerprint density at radius 3 is 2.04 bits per heavy atom. The van der Waals surface area contributed by atoms with Crippen LogP contribution >= 0.6 is 24.8 Å². The van der Waals surface area contributed by atoms with Crippen molar-refractivity contribution in [2.75, 3.05) is 26.2 Å². The van der Waals surface area contributed by atoms with Gasteiger partial charge >= 0.3 is 6.18 Å². The first-order chi connectivity index (χ1) is 9.78. The lowest BCUT2D eigenvalue weighted by atomic mass is 9.96. The molecule has 2 N–H and O–H groups in total. The SMILES string of the molecule is Cc1cc([C@H](CC(F)(F)F)N2CCNCC2)cc(C)c1O.Cl.Cl. The fourth-order valence-electron chi connectivity index (χ4n) is 2.85.